The summed E-state index contributed by atoms with van der Waals surface area (Å²) in [5.74, 6) is 0.424. The van der Waals surface area contributed by atoms with Crippen LogP contribution in [0.3, 0.4) is 0 Å². The number of carbonyl (C=O) groups excluding carboxylic acids is 1. The Labute approximate surface area is 123 Å². The summed E-state index contributed by atoms with van der Waals surface area (Å²) in [4.78, 5) is 12.5. The monoisotopic (exact) mass is 285 g/mol. The smallest absolute Gasteiger partial charge is 0.230 e. The van der Waals surface area contributed by atoms with Gasteiger partial charge in [-0.1, -0.05) is 30.3 Å². The number of hydrogen-bond donors (Lipinski definition) is 2. The van der Waals surface area contributed by atoms with Crippen LogP contribution in [-0.2, 0) is 15.8 Å². The summed E-state index contributed by atoms with van der Waals surface area (Å²) in [6.07, 6.45) is 3.22. The van der Waals surface area contributed by atoms with E-state index in [4.69, 9.17) is 4.42 Å². The first kappa shape index (κ1) is 13.9. The van der Waals surface area contributed by atoms with Gasteiger partial charge in [-0.25, -0.2) is 0 Å². The molecule has 1 aliphatic rings. The van der Waals surface area contributed by atoms with E-state index in [-0.39, 0.29) is 12.5 Å². The molecular formula is C17H19NO3. The number of furan rings is 1. The van der Waals surface area contributed by atoms with Crippen LogP contribution in [-0.4, -0.2) is 17.6 Å². The lowest BCUT2D eigenvalue weighted by molar-refractivity contribution is -0.125. The molecule has 1 aromatic carbocycles. The average molecular weight is 285 g/mol. The third-order valence-electron chi connectivity index (χ3n) is 4.16. The predicted molar refractivity (Wildman–Crippen MR) is 78.6 cm³/mol. The summed E-state index contributed by atoms with van der Waals surface area (Å²) >= 11 is 0. The van der Waals surface area contributed by atoms with Crippen molar-refractivity contribution >= 4 is 5.91 Å². The molecule has 0 spiro atoms. The van der Waals surface area contributed by atoms with Crippen LogP contribution in [0.4, 0.5) is 0 Å². The van der Waals surface area contributed by atoms with E-state index in [1.165, 1.54) is 6.26 Å². The van der Waals surface area contributed by atoms with E-state index in [9.17, 15) is 9.90 Å². The lowest BCUT2D eigenvalue weighted by Crippen LogP contribution is -2.43. The Hall–Kier alpha value is -2.07. The van der Waals surface area contributed by atoms with Gasteiger partial charge in [-0.2, -0.15) is 0 Å². The number of nitrogens with one attached hydrogen (secondary N) is 1. The van der Waals surface area contributed by atoms with Gasteiger partial charge in [0.2, 0.25) is 5.91 Å². The topological polar surface area (TPSA) is 62.5 Å². The Morgan fingerprint density at radius 2 is 2.00 bits per heavy atom. The van der Waals surface area contributed by atoms with Gasteiger partial charge in [0.15, 0.2) is 0 Å². The molecule has 4 nitrogen and oxygen atoms in total. The molecule has 1 heterocycles. The highest BCUT2D eigenvalue weighted by atomic mass is 16.4. The van der Waals surface area contributed by atoms with E-state index >= 15 is 0 Å². The first-order valence-electron chi connectivity index (χ1n) is 7.15. The normalized spacial score (nSPS) is 18.8. The van der Waals surface area contributed by atoms with Gasteiger partial charge in [0.05, 0.1) is 18.2 Å². The van der Waals surface area contributed by atoms with Crippen LogP contribution in [0.5, 0.6) is 0 Å². The minimum atomic E-state index is -1.20. The minimum Gasteiger partial charge on any atom is -0.466 e. The summed E-state index contributed by atoms with van der Waals surface area (Å²) in [5.41, 5.74) is -0.577. The first-order valence-corrected chi connectivity index (χ1v) is 7.15. The van der Waals surface area contributed by atoms with Gasteiger partial charge in [0, 0.05) is 0 Å². The largest absolute Gasteiger partial charge is 0.466 e. The molecule has 0 aliphatic heterocycles. The Morgan fingerprint density at radius 1 is 1.29 bits per heavy atom. The van der Waals surface area contributed by atoms with Crippen molar-refractivity contribution in [3.05, 3.63) is 60.1 Å². The maximum atomic E-state index is 12.5. The molecule has 0 bridgehead atoms. The van der Waals surface area contributed by atoms with Crippen molar-refractivity contribution in [1.29, 1.82) is 0 Å². The van der Waals surface area contributed by atoms with Crippen LogP contribution < -0.4 is 5.32 Å². The highest BCUT2D eigenvalue weighted by Gasteiger charge is 2.51. The van der Waals surface area contributed by atoms with E-state index in [1.807, 2.05) is 30.3 Å². The van der Waals surface area contributed by atoms with Crippen molar-refractivity contribution in [2.24, 2.45) is 0 Å². The second-order valence-corrected chi connectivity index (χ2v) is 5.88. The standard InChI is InChI=1S/C17H19NO3/c1-16(20,14-8-5-11-21-14)12-18-15(19)17(9-10-17)13-6-3-2-4-7-13/h2-8,11,20H,9-10,12H2,1H3,(H,18,19). The summed E-state index contributed by atoms with van der Waals surface area (Å²) in [6.45, 7) is 1.77. The van der Waals surface area contributed by atoms with Crippen molar-refractivity contribution in [2.75, 3.05) is 6.54 Å². The van der Waals surface area contributed by atoms with Crippen LogP contribution in [0.15, 0.2) is 53.1 Å². The predicted octanol–water partition coefficient (Wildman–Crippen LogP) is 2.34. The van der Waals surface area contributed by atoms with Crippen molar-refractivity contribution in [2.45, 2.75) is 30.8 Å². The Kier molecular flexibility index (Phi) is 3.33. The van der Waals surface area contributed by atoms with Crippen LogP contribution in [0.2, 0.25) is 0 Å². The SMILES string of the molecule is CC(O)(CNC(=O)C1(c2ccccc2)CC1)c1ccco1. The number of benzene rings is 1. The zero-order valence-electron chi connectivity index (χ0n) is 12.0. The second kappa shape index (κ2) is 5.04. The lowest BCUT2D eigenvalue weighted by atomic mass is 9.94. The van der Waals surface area contributed by atoms with Gasteiger partial charge in [0.1, 0.15) is 11.4 Å². The summed E-state index contributed by atoms with van der Waals surface area (Å²) in [6, 6.07) is 13.2. The number of carbonyl (C=O) groups is 1. The number of aliphatic hydroxyl groups is 1. The van der Waals surface area contributed by atoms with Crippen molar-refractivity contribution < 1.29 is 14.3 Å². The Bertz CT molecular complexity index is 613. The second-order valence-electron chi connectivity index (χ2n) is 5.88. The molecule has 4 heteroatoms. The fraction of sp³-hybridized carbons (Fsp3) is 0.353. The zero-order valence-corrected chi connectivity index (χ0v) is 12.0. The van der Waals surface area contributed by atoms with Gasteiger partial charge in [0.25, 0.3) is 0 Å². The van der Waals surface area contributed by atoms with Gasteiger partial charge < -0.3 is 14.8 Å². The number of hydrogen-bond acceptors (Lipinski definition) is 3. The van der Waals surface area contributed by atoms with Crippen molar-refractivity contribution in [3.63, 3.8) is 0 Å². The number of rotatable bonds is 5. The molecule has 1 aliphatic carbocycles. The molecule has 1 aromatic heterocycles. The van der Waals surface area contributed by atoms with Crippen LogP contribution in [0.1, 0.15) is 31.1 Å². The molecule has 1 saturated carbocycles. The lowest BCUT2D eigenvalue weighted by Gasteiger charge is -2.23. The maximum absolute atomic E-state index is 12.5. The third kappa shape index (κ3) is 2.59. The molecule has 110 valence electrons. The third-order valence-corrected chi connectivity index (χ3v) is 4.16. The van der Waals surface area contributed by atoms with E-state index in [2.05, 4.69) is 5.32 Å². The fourth-order valence-corrected chi connectivity index (χ4v) is 2.62. The van der Waals surface area contributed by atoms with Crippen molar-refractivity contribution in [3.8, 4) is 0 Å². The minimum absolute atomic E-state index is 0.0273. The molecule has 0 saturated heterocycles. The molecule has 1 unspecified atom stereocenters. The Morgan fingerprint density at radius 3 is 2.57 bits per heavy atom. The maximum Gasteiger partial charge on any atom is 0.230 e. The first-order chi connectivity index (χ1) is 10.0. The van der Waals surface area contributed by atoms with Crippen LogP contribution in [0, 0.1) is 0 Å². The van der Waals surface area contributed by atoms with E-state index in [0.717, 1.165) is 18.4 Å². The van der Waals surface area contributed by atoms with E-state index in [0.29, 0.717) is 5.76 Å². The molecule has 2 N–H and O–H groups in total. The quantitative estimate of drug-likeness (QED) is 0.886. The number of amides is 1. The van der Waals surface area contributed by atoms with Crippen LogP contribution in [0.25, 0.3) is 0 Å². The molecule has 0 radical (unpaired) electrons. The molecule has 21 heavy (non-hydrogen) atoms. The molecule has 2 aromatic rings. The molecule has 1 fully saturated rings. The Balaban J connectivity index is 1.68. The fourth-order valence-electron chi connectivity index (χ4n) is 2.62. The van der Waals surface area contributed by atoms with E-state index < -0.39 is 11.0 Å². The van der Waals surface area contributed by atoms with Crippen LogP contribution >= 0.6 is 0 Å². The molecule has 3 rings (SSSR count). The summed E-state index contributed by atoms with van der Waals surface area (Å²) in [5, 5.41) is 13.2. The molecule has 1 atom stereocenters. The zero-order chi connectivity index (χ0) is 14.9. The molecular weight excluding hydrogens is 266 g/mol. The molecule has 1 amide bonds. The van der Waals surface area contributed by atoms with E-state index in [1.54, 1.807) is 19.1 Å². The summed E-state index contributed by atoms with van der Waals surface area (Å²) in [7, 11) is 0. The summed E-state index contributed by atoms with van der Waals surface area (Å²) < 4.78 is 5.22. The van der Waals surface area contributed by atoms with Gasteiger partial charge in [-0.05, 0) is 37.5 Å². The highest BCUT2D eigenvalue weighted by Crippen LogP contribution is 2.48. The van der Waals surface area contributed by atoms with Gasteiger partial charge >= 0.3 is 0 Å². The highest BCUT2D eigenvalue weighted by molar-refractivity contribution is 5.91. The average Bonchev–Trinajstić information content (AvgIpc) is 3.11. The van der Waals surface area contributed by atoms with Gasteiger partial charge in [-0.15, -0.1) is 0 Å². The van der Waals surface area contributed by atoms with Crippen molar-refractivity contribution in [1.82, 2.24) is 5.32 Å². The van der Waals surface area contributed by atoms with Gasteiger partial charge in [-0.3, -0.25) is 4.79 Å².